The van der Waals surface area contributed by atoms with Crippen LogP contribution < -0.4 is 5.73 Å². The fourth-order valence-corrected chi connectivity index (χ4v) is 3.52. The molecule has 0 amide bonds. The molecule has 0 spiro atoms. The Bertz CT molecular complexity index is 1020. The maximum absolute atomic E-state index is 12.9. The van der Waals surface area contributed by atoms with Crippen LogP contribution >= 0.6 is 23.2 Å². The minimum Gasteiger partial charge on any atom is -0.463 e. The summed E-state index contributed by atoms with van der Waals surface area (Å²) < 4.78 is 11.0. The molecule has 0 saturated heterocycles. The molecular weight excluding hydrogens is 399 g/mol. The van der Waals surface area contributed by atoms with Gasteiger partial charge in [0.05, 0.1) is 23.1 Å². The molecule has 0 saturated carbocycles. The van der Waals surface area contributed by atoms with Crippen LogP contribution in [0.4, 0.5) is 0 Å². The quantitative estimate of drug-likeness (QED) is 0.727. The molecule has 1 aliphatic rings. The van der Waals surface area contributed by atoms with Gasteiger partial charge in [-0.05, 0) is 30.7 Å². The number of hydrogen-bond acceptors (Lipinski definition) is 5. The van der Waals surface area contributed by atoms with Crippen LogP contribution in [0.3, 0.4) is 0 Å². The highest BCUT2D eigenvalue weighted by atomic mass is 35.5. The van der Waals surface area contributed by atoms with Gasteiger partial charge in [-0.15, -0.1) is 0 Å². The molecule has 0 aliphatic carbocycles. The van der Waals surface area contributed by atoms with Crippen LogP contribution in [0, 0.1) is 11.3 Å². The van der Waals surface area contributed by atoms with E-state index in [4.69, 9.17) is 38.4 Å². The molecule has 0 aromatic heterocycles. The summed E-state index contributed by atoms with van der Waals surface area (Å²) in [6.07, 6.45) is 0. The van der Waals surface area contributed by atoms with Crippen molar-refractivity contribution in [1.29, 1.82) is 5.26 Å². The van der Waals surface area contributed by atoms with Gasteiger partial charge >= 0.3 is 5.97 Å². The smallest absolute Gasteiger partial charge is 0.338 e. The summed E-state index contributed by atoms with van der Waals surface area (Å²) in [7, 11) is 0. The first-order valence-electron chi connectivity index (χ1n) is 8.47. The van der Waals surface area contributed by atoms with Gasteiger partial charge < -0.3 is 15.2 Å². The Hall–Kier alpha value is -2.94. The fraction of sp³-hybridized carbons (Fsp3) is 0.143. The van der Waals surface area contributed by atoms with Gasteiger partial charge in [0.2, 0.25) is 5.88 Å². The van der Waals surface area contributed by atoms with Gasteiger partial charge in [-0.3, -0.25) is 0 Å². The summed E-state index contributed by atoms with van der Waals surface area (Å²) >= 11 is 12.3. The van der Waals surface area contributed by atoms with Crippen molar-refractivity contribution in [2.45, 2.75) is 12.8 Å². The number of carbonyl (C=O) groups is 1. The molecule has 142 valence electrons. The van der Waals surface area contributed by atoms with Crippen LogP contribution in [-0.4, -0.2) is 12.6 Å². The van der Waals surface area contributed by atoms with E-state index in [0.29, 0.717) is 16.1 Å². The SMILES string of the molecule is CCOC(=O)C1=C(c2ccc(Cl)cc2Cl)OC(N)=C(C#N)[C@H]1c1ccccc1. The number of rotatable bonds is 4. The highest BCUT2D eigenvalue weighted by Crippen LogP contribution is 2.44. The number of carbonyl (C=O) groups excluding carboxylic acids is 1. The van der Waals surface area contributed by atoms with E-state index in [2.05, 4.69) is 6.07 Å². The van der Waals surface area contributed by atoms with Gasteiger partial charge in [-0.1, -0.05) is 53.5 Å². The molecule has 1 heterocycles. The zero-order valence-electron chi connectivity index (χ0n) is 14.9. The summed E-state index contributed by atoms with van der Waals surface area (Å²) in [6.45, 7) is 1.86. The number of ether oxygens (including phenoxy) is 2. The predicted octanol–water partition coefficient (Wildman–Crippen LogP) is 4.78. The van der Waals surface area contributed by atoms with E-state index in [9.17, 15) is 10.1 Å². The number of nitrogens with zero attached hydrogens (tertiary/aromatic N) is 1. The zero-order valence-corrected chi connectivity index (χ0v) is 16.4. The Kier molecular flexibility index (Phi) is 5.93. The summed E-state index contributed by atoms with van der Waals surface area (Å²) in [5.41, 5.74) is 7.45. The lowest BCUT2D eigenvalue weighted by Crippen LogP contribution is -2.26. The van der Waals surface area contributed by atoms with Crippen LogP contribution in [0.2, 0.25) is 10.0 Å². The lowest BCUT2D eigenvalue weighted by Gasteiger charge is -2.28. The monoisotopic (exact) mass is 414 g/mol. The third-order valence-corrected chi connectivity index (χ3v) is 4.77. The largest absolute Gasteiger partial charge is 0.463 e. The number of hydrogen-bond donors (Lipinski definition) is 1. The third kappa shape index (κ3) is 3.70. The van der Waals surface area contributed by atoms with Crippen molar-refractivity contribution in [3.05, 3.63) is 86.7 Å². The average Bonchev–Trinajstić information content (AvgIpc) is 2.68. The van der Waals surface area contributed by atoms with Crippen LogP contribution in [0.5, 0.6) is 0 Å². The summed E-state index contributed by atoms with van der Waals surface area (Å²) in [4.78, 5) is 12.9. The Morgan fingerprint density at radius 2 is 1.96 bits per heavy atom. The summed E-state index contributed by atoms with van der Waals surface area (Å²) in [5, 5.41) is 10.4. The van der Waals surface area contributed by atoms with Crippen LogP contribution in [0.1, 0.15) is 24.0 Å². The molecule has 2 aromatic carbocycles. The van der Waals surface area contributed by atoms with E-state index < -0.39 is 11.9 Å². The first-order valence-corrected chi connectivity index (χ1v) is 9.22. The third-order valence-electron chi connectivity index (χ3n) is 4.22. The van der Waals surface area contributed by atoms with E-state index in [1.807, 2.05) is 18.2 Å². The number of esters is 1. The second-order valence-electron chi connectivity index (χ2n) is 5.92. The summed E-state index contributed by atoms with van der Waals surface area (Å²) in [5.74, 6) is -1.31. The number of nitriles is 1. The van der Waals surface area contributed by atoms with Gasteiger partial charge in [-0.25, -0.2) is 4.79 Å². The Morgan fingerprint density at radius 3 is 2.57 bits per heavy atom. The van der Waals surface area contributed by atoms with Crippen LogP contribution in [-0.2, 0) is 14.3 Å². The van der Waals surface area contributed by atoms with E-state index in [1.165, 1.54) is 6.07 Å². The molecule has 1 atom stereocenters. The van der Waals surface area contributed by atoms with Crippen molar-refractivity contribution in [3.63, 3.8) is 0 Å². The average molecular weight is 415 g/mol. The van der Waals surface area contributed by atoms with Crippen molar-refractivity contribution in [2.75, 3.05) is 6.61 Å². The molecule has 0 unspecified atom stereocenters. The molecule has 28 heavy (non-hydrogen) atoms. The second kappa shape index (κ2) is 8.39. The summed E-state index contributed by atoms with van der Waals surface area (Å²) in [6, 6.07) is 15.9. The Balaban J connectivity index is 2.31. The molecule has 3 rings (SSSR count). The van der Waals surface area contributed by atoms with Crippen molar-refractivity contribution < 1.29 is 14.3 Å². The van der Waals surface area contributed by atoms with E-state index >= 15 is 0 Å². The molecule has 5 nitrogen and oxygen atoms in total. The maximum Gasteiger partial charge on any atom is 0.338 e. The van der Waals surface area contributed by atoms with Gasteiger partial charge in [0, 0.05) is 10.6 Å². The molecule has 1 aliphatic heterocycles. The Morgan fingerprint density at radius 1 is 1.25 bits per heavy atom. The van der Waals surface area contributed by atoms with Gasteiger partial charge in [0.15, 0.2) is 0 Å². The number of allylic oxidation sites excluding steroid dienone is 1. The predicted molar refractivity (Wildman–Crippen MR) is 107 cm³/mol. The lowest BCUT2D eigenvalue weighted by atomic mass is 9.82. The molecule has 2 N–H and O–H groups in total. The molecule has 0 radical (unpaired) electrons. The van der Waals surface area contributed by atoms with Crippen LogP contribution in [0.25, 0.3) is 5.76 Å². The van der Waals surface area contributed by atoms with Crippen LogP contribution in [0.15, 0.2) is 65.6 Å². The normalized spacial score (nSPS) is 16.4. The van der Waals surface area contributed by atoms with Gasteiger partial charge in [0.25, 0.3) is 0 Å². The van der Waals surface area contributed by atoms with E-state index in [0.717, 1.165) is 0 Å². The molecular formula is C21H16Cl2N2O3. The van der Waals surface area contributed by atoms with E-state index in [-0.39, 0.29) is 34.4 Å². The number of halogens is 2. The van der Waals surface area contributed by atoms with E-state index in [1.54, 1.807) is 31.2 Å². The Labute approximate surface area is 172 Å². The molecule has 0 fully saturated rings. The standard InChI is InChI=1S/C21H16Cl2N2O3/c1-2-27-21(26)18-17(12-6-4-3-5-7-12)15(11-24)20(25)28-19(18)14-9-8-13(22)10-16(14)23/h3-10,17H,2,25H2,1H3/t17-/m1/s1. The van der Waals surface area contributed by atoms with Gasteiger partial charge in [0.1, 0.15) is 17.4 Å². The fourth-order valence-electron chi connectivity index (χ4n) is 3.03. The topological polar surface area (TPSA) is 85.3 Å². The van der Waals surface area contributed by atoms with Crippen molar-refractivity contribution >= 4 is 34.9 Å². The number of benzene rings is 2. The van der Waals surface area contributed by atoms with Crippen molar-refractivity contribution in [3.8, 4) is 6.07 Å². The number of nitrogens with two attached hydrogens (primary N) is 1. The van der Waals surface area contributed by atoms with Crippen molar-refractivity contribution in [1.82, 2.24) is 0 Å². The highest BCUT2D eigenvalue weighted by Gasteiger charge is 2.38. The minimum absolute atomic E-state index is 0.0922. The first kappa shape index (κ1) is 19.8. The van der Waals surface area contributed by atoms with Gasteiger partial charge in [-0.2, -0.15) is 5.26 Å². The highest BCUT2D eigenvalue weighted by molar-refractivity contribution is 6.35. The minimum atomic E-state index is -0.749. The molecule has 7 heteroatoms. The molecule has 0 bridgehead atoms. The lowest BCUT2D eigenvalue weighted by molar-refractivity contribution is -0.138. The maximum atomic E-state index is 12.9. The van der Waals surface area contributed by atoms with Crippen molar-refractivity contribution in [2.24, 2.45) is 5.73 Å². The molecule has 2 aromatic rings. The first-order chi connectivity index (χ1) is 13.5. The second-order valence-corrected chi connectivity index (χ2v) is 6.77. The zero-order chi connectivity index (χ0) is 20.3.